The highest BCUT2D eigenvalue weighted by Gasteiger charge is 2.60. The molecule has 0 heterocycles. The van der Waals surface area contributed by atoms with Crippen LogP contribution in [0.1, 0.15) is 72.1 Å². The first-order valence-corrected chi connectivity index (χ1v) is 11.1. The van der Waals surface area contributed by atoms with Crippen LogP contribution in [-0.4, -0.2) is 28.6 Å². The zero-order valence-corrected chi connectivity index (χ0v) is 17.3. The van der Waals surface area contributed by atoms with Crippen molar-refractivity contribution in [3.05, 3.63) is 11.6 Å². The van der Waals surface area contributed by atoms with Crippen LogP contribution in [0.25, 0.3) is 0 Å². The molecule has 3 saturated carbocycles. The number of hydrogen-bond acceptors (Lipinski definition) is 2. The lowest BCUT2D eigenvalue weighted by molar-refractivity contribution is -0.227. The van der Waals surface area contributed by atoms with Crippen molar-refractivity contribution in [2.75, 3.05) is 0 Å². The average Bonchev–Trinajstić information content (AvgIpc) is 2.97. The van der Waals surface area contributed by atoms with E-state index in [1.807, 2.05) is 0 Å². The molecule has 5 heteroatoms. The van der Waals surface area contributed by atoms with E-state index in [-0.39, 0.29) is 22.9 Å². The Hall–Kier alpha value is -0.550. The third kappa shape index (κ3) is 2.98. The molecule has 0 saturated heterocycles. The lowest BCUT2D eigenvalue weighted by atomic mass is 9.47. The molecule has 4 rings (SSSR count). The van der Waals surface area contributed by atoms with Gasteiger partial charge in [0.25, 0.3) is 0 Å². The van der Waals surface area contributed by atoms with Gasteiger partial charge in [-0.1, -0.05) is 32.4 Å². The lowest BCUT2D eigenvalue weighted by Crippen LogP contribution is -2.52. The molecule has 0 aliphatic heterocycles. The summed E-state index contributed by atoms with van der Waals surface area (Å²) in [7, 11) is 0. The second kappa shape index (κ2) is 6.73. The van der Waals surface area contributed by atoms with Crippen molar-refractivity contribution in [1.82, 2.24) is 0 Å². The summed E-state index contributed by atoms with van der Waals surface area (Å²) in [5, 5.41) is 20.0. The fraction of sp³-hybridized carbons (Fsp3) is 0.913. The van der Waals surface area contributed by atoms with Crippen molar-refractivity contribution in [1.29, 1.82) is 0 Å². The van der Waals surface area contributed by atoms with E-state index in [1.54, 1.807) is 6.92 Å². The van der Waals surface area contributed by atoms with E-state index < -0.39 is 18.2 Å². The van der Waals surface area contributed by atoms with E-state index in [4.69, 9.17) is 0 Å². The molecule has 3 unspecified atom stereocenters. The topological polar surface area (TPSA) is 40.5 Å². The molecule has 0 aromatic rings. The minimum absolute atomic E-state index is 0.0681. The van der Waals surface area contributed by atoms with Crippen molar-refractivity contribution >= 4 is 0 Å². The van der Waals surface area contributed by atoms with E-state index in [2.05, 4.69) is 19.9 Å². The maximum Gasteiger partial charge on any atom is 0.414 e. The molecule has 28 heavy (non-hydrogen) atoms. The molecule has 4 aliphatic carbocycles. The van der Waals surface area contributed by atoms with Crippen molar-refractivity contribution < 1.29 is 23.4 Å². The maximum atomic E-state index is 13.2. The van der Waals surface area contributed by atoms with Crippen molar-refractivity contribution in [2.45, 2.75) is 90.5 Å². The highest BCUT2D eigenvalue weighted by molar-refractivity contribution is 5.25. The Kier molecular flexibility index (Phi) is 4.98. The number of alkyl halides is 3. The van der Waals surface area contributed by atoms with E-state index in [0.717, 1.165) is 51.4 Å². The van der Waals surface area contributed by atoms with Gasteiger partial charge in [0, 0.05) is 0 Å². The Morgan fingerprint density at radius 3 is 2.46 bits per heavy atom. The smallest absolute Gasteiger partial charge is 0.393 e. The van der Waals surface area contributed by atoms with E-state index in [1.165, 1.54) is 5.57 Å². The minimum Gasteiger partial charge on any atom is -0.393 e. The maximum absolute atomic E-state index is 13.2. The Bertz CT molecular complexity index is 644. The van der Waals surface area contributed by atoms with Gasteiger partial charge in [-0.3, -0.25) is 0 Å². The number of fused-ring (bicyclic) bond motifs is 5. The molecular formula is C23H35F3O2. The Labute approximate surface area is 166 Å². The molecule has 0 amide bonds. The lowest BCUT2D eigenvalue weighted by Gasteiger charge is -2.58. The molecular weight excluding hydrogens is 365 g/mol. The van der Waals surface area contributed by atoms with Crippen LogP contribution in [0.2, 0.25) is 0 Å². The first-order valence-electron chi connectivity index (χ1n) is 11.1. The van der Waals surface area contributed by atoms with Crippen LogP contribution in [0.4, 0.5) is 13.2 Å². The summed E-state index contributed by atoms with van der Waals surface area (Å²) in [5.74, 6) is 0.742. The van der Waals surface area contributed by atoms with Gasteiger partial charge in [0.2, 0.25) is 0 Å². The summed E-state index contributed by atoms with van der Waals surface area (Å²) in [6.07, 6.45) is 2.87. The minimum atomic E-state index is -4.54. The van der Waals surface area contributed by atoms with Crippen LogP contribution < -0.4 is 0 Å². The standard InChI is InChI=1S/C23H35F3O2/c1-13(20(28)23(24,25)26)17-6-7-18-16-5-4-14-12-15(27)8-10-21(14,2)19(16)9-11-22(17,18)3/h4,13,15-20,27-28H,5-12H2,1-3H3/t13-,15?,16?,17+,18-,19-,20?,21-,22+/m0/s1. The van der Waals surface area contributed by atoms with Crippen LogP contribution in [0, 0.1) is 40.4 Å². The van der Waals surface area contributed by atoms with Gasteiger partial charge >= 0.3 is 6.18 Å². The van der Waals surface area contributed by atoms with Gasteiger partial charge in [0.1, 0.15) is 0 Å². The van der Waals surface area contributed by atoms with Gasteiger partial charge in [-0.2, -0.15) is 13.2 Å². The van der Waals surface area contributed by atoms with Crippen LogP contribution >= 0.6 is 0 Å². The zero-order valence-electron chi connectivity index (χ0n) is 17.3. The van der Waals surface area contributed by atoms with Crippen LogP contribution in [-0.2, 0) is 0 Å². The molecule has 2 nitrogen and oxygen atoms in total. The van der Waals surface area contributed by atoms with Crippen LogP contribution in [0.5, 0.6) is 0 Å². The van der Waals surface area contributed by atoms with E-state index in [0.29, 0.717) is 17.8 Å². The number of hydrogen-bond donors (Lipinski definition) is 2. The SMILES string of the molecule is C[C@H](C(O)C(F)(F)F)[C@H]1CC[C@H]2C3CC=C4CC(O)CC[C@]4(C)[C@H]3CC[C@]12C. The average molecular weight is 401 g/mol. The Morgan fingerprint density at radius 2 is 1.79 bits per heavy atom. The van der Waals surface area contributed by atoms with Gasteiger partial charge in [0.15, 0.2) is 6.10 Å². The zero-order chi connectivity index (χ0) is 20.5. The molecule has 2 N–H and O–H groups in total. The fourth-order valence-corrected chi connectivity index (χ4v) is 8.06. The van der Waals surface area contributed by atoms with E-state index in [9.17, 15) is 23.4 Å². The summed E-state index contributed by atoms with van der Waals surface area (Å²) in [6, 6.07) is 0. The number of halogens is 3. The number of aliphatic hydroxyl groups is 2. The quantitative estimate of drug-likeness (QED) is 0.602. The summed E-state index contributed by atoms with van der Waals surface area (Å²) >= 11 is 0. The predicted octanol–water partition coefficient (Wildman–Crippen LogP) is 5.49. The summed E-state index contributed by atoms with van der Waals surface area (Å²) in [5.41, 5.74) is 1.47. The van der Waals surface area contributed by atoms with E-state index >= 15 is 0 Å². The molecule has 0 radical (unpaired) electrons. The summed E-state index contributed by atoms with van der Waals surface area (Å²) < 4.78 is 39.5. The van der Waals surface area contributed by atoms with Crippen LogP contribution in [0.3, 0.4) is 0 Å². The molecule has 9 atom stereocenters. The second-order valence-electron chi connectivity index (χ2n) is 10.7. The Morgan fingerprint density at radius 1 is 1.07 bits per heavy atom. The first kappa shape index (κ1) is 20.7. The predicted molar refractivity (Wildman–Crippen MR) is 102 cm³/mol. The summed E-state index contributed by atoms with van der Waals surface area (Å²) in [4.78, 5) is 0. The Balaban J connectivity index is 1.59. The number of rotatable bonds is 2. The molecule has 0 spiro atoms. The molecule has 160 valence electrons. The van der Waals surface area contributed by atoms with Crippen molar-refractivity contribution in [3.63, 3.8) is 0 Å². The highest BCUT2D eigenvalue weighted by atomic mass is 19.4. The molecule has 0 bridgehead atoms. The van der Waals surface area contributed by atoms with Gasteiger partial charge in [0.05, 0.1) is 6.10 Å². The molecule has 4 aliphatic rings. The first-order chi connectivity index (χ1) is 13.0. The number of aliphatic hydroxyl groups excluding tert-OH is 2. The van der Waals surface area contributed by atoms with Gasteiger partial charge < -0.3 is 10.2 Å². The van der Waals surface area contributed by atoms with Gasteiger partial charge in [-0.05, 0) is 91.8 Å². The van der Waals surface area contributed by atoms with Crippen molar-refractivity contribution in [2.24, 2.45) is 40.4 Å². The molecule has 0 aromatic carbocycles. The second-order valence-corrected chi connectivity index (χ2v) is 10.7. The summed E-state index contributed by atoms with van der Waals surface area (Å²) in [6.45, 7) is 6.18. The van der Waals surface area contributed by atoms with Gasteiger partial charge in [-0.25, -0.2) is 0 Å². The normalized spacial score (nSPS) is 48.1. The van der Waals surface area contributed by atoms with Crippen molar-refractivity contribution in [3.8, 4) is 0 Å². The monoisotopic (exact) mass is 400 g/mol. The number of allylic oxidation sites excluding steroid dienone is 1. The largest absolute Gasteiger partial charge is 0.414 e. The molecule has 0 aromatic heterocycles. The van der Waals surface area contributed by atoms with Gasteiger partial charge in [-0.15, -0.1) is 0 Å². The highest BCUT2D eigenvalue weighted by Crippen LogP contribution is 2.67. The third-order valence-corrected chi connectivity index (χ3v) is 9.62. The third-order valence-electron chi connectivity index (χ3n) is 9.62. The molecule has 3 fully saturated rings. The fourth-order valence-electron chi connectivity index (χ4n) is 8.06. The van der Waals surface area contributed by atoms with Crippen LogP contribution in [0.15, 0.2) is 11.6 Å².